The van der Waals surface area contributed by atoms with Crippen LogP contribution < -0.4 is 10.6 Å². The van der Waals surface area contributed by atoms with Gasteiger partial charge in [0.2, 0.25) is 5.95 Å². The van der Waals surface area contributed by atoms with Gasteiger partial charge >= 0.3 is 0 Å². The van der Waals surface area contributed by atoms with Gasteiger partial charge in [0.15, 0.2) is 11.6 Å². The van der Waals surface area contributed by atoms with Crippen molar-refractivity contribution in [3.63, 3.8) is 0 Å². The highest BCUT2D eigenvalue weighted by molar-refractivity contribution is 6.32. The predicted octanol–water partition coefficient (Wildman–Crippen LogP) is 5.12. The van der Waals surface area contributed by atoms with Gasteiger partial charge in [-0.1, -0.05) is 49.4 Å². The maximum atomic E-state index is 11.6. The molecule has 2 aromatic heterocycles. The zero-order valence-electron chi connectivity index (χ0n) is 18.0. The van der Waals surface area contributed by atoms with Crippen molar-refractivity contribution in [2.75, 3.05) is 10.6 Å². The van der Waals surface area contributed by atoms with Crippen LogP contribution in [0.3, 0.4) is 0 Å². The van der Waals surface area contributed by atoms with Gasteiger partial charge in [-0.3, -0.25) is 9.48 Å². The van der Waals surface area contributed by atoms with E-state index in [2.05, 4.69) is 53.1 Å². The van der Waals surface area contributed by atoms with Gasteiger partial charge in [0, 0.05) is 19.2 Å². The Kier molecular flexibility index (Phi) is 7.07. The van der Waals surface area contributed by atoms with Crippen LogP contribution in [0.2, 0.25) is 5.02 Å². The summed E-state index contributed by atoms with van der Waals surface area (Å²) in [6, 6.07) is 7.80. The number of hydrogen-bond donors (Lipinski definition) is 2. The quantitative estimate of drug-likeness (QED) is 0.427. The number of benzene rings is 1. The fourth-order valence-corrected chi connectivity index (χ4v) is 3.03. The summed E-state index contributed by atoms with van der Waals surface area (Å²) in [5.41, 5.74) is 2.68. The number of aromatic nitrogens is 4. The van der Waals surface area contributed by atoms with Crippen molar-refractivity contribution in [2.45, 2.75) is 45.7 Å². The van der Waals surface area contributed by atoms with Crippen molar-refractivity contribution < 1.29 is 4.79 Å². The van der Waals surface area contributed by atoms with E-state index in [0.29, 0.717) is 29.8 Å². The minimum absolute atomic E-state index is 0.00897. The van der Waals surface area contributed by atoms with Gasteiger partial charge < -0.3 is 10.6 Å². The Balaban J connectivity index is 1.69. The van der Waals surface area contributed by atoms with E-state index in [9.17, 15) is 4.79 Å². The molecule has 0 unspecified atom stereocenters. The van der Waals surface area contributed by atoms with Crippen LogP contribution in [0.15, 0.2) is 55.5 Å². The molecule has 7 nitrogen and oxygen atoms in total. The molecular weight excluding hydrogens is 412 g/mol. The molecule has 31 heavy (non-hydrogen) atoms. The van der Waals surface area contributed by atoms with Crippen LogP contribution in [0.4, 0.5) is 17.5 Å². The first-order chi connectivity index (χ1) is 14.8. The molecule has 0 bridgehead atoms. The Labute approximate surface area is 187 Å². The van der Waals surface area contributed by atoms with Crippen LogP contribution in [0.5, 0.6) is 0 Å². The summed E-state index contributed by atoms with van der Waals surface area (Å²) in [5.74, 6) is 0.935. The maximum absolute atomic E-state index is 11.6. The number of nitrogens with zero attached hydrogens (tertiary/aromatic N) is 4. The number of ketones is 1. The molecular formula is C23H27ClN6O. The number of rotatable bonds is 10. The van der Waals surface area contributed by atoms with Crippen LogP contribution in [0.1, 0.15) is 38.3 Å². The molecule has 2 N–H and O–H groups in total. The third-order valence-corrected chi connectivity index (χ3v) is 5.40. The molecule has 2 heterocycles. The van der Waals surface area contributed by atoms with Crippen molar-refractivity contribution in [3.8, 4) is 0 Å². The Hall–Kier alpha value is -3.19. The SMILES string of the molecule is C=CC(=O)Cc1cccc(CNc2nc(Nc3cnn(C(C)(C)CC)c3)ncc2Cl)c1. The fraction of sp³-hybridized carbons (Fsp3) is 0.304. The lowest BCUT2D eigenvalue weighted by molar-refractivity contribution is -0.114. The minimum Gasteiger partial charge on any atom is -0.365 e. The molecule has 8 heteroatoms. The van der Waals surface area contributed by atoms with Crippen LogP contribution in [0, 0.1) is 0 Å². The number of carbonyl (C=O) groups excluding carboxylic acids is 1. The summed E-state index contributed by atoms with van der Waals surface area (Å²) in [7, 11) is 0. The van der Waals surface area contributed by atoms with Gasteiger partial charge in [-0.05, 0) is 37.5 Å². The van der Waals surface area contributed by atoms with Crippen molar-refractivity contribution in [2.24, 2.45) is 0 Å². The van der Waals surface area contributed by atoms with E-state index in [1.165, 1.54) is 6.08 Å². The van der Waals surface area contributed by atoms with Crippen LogP contribution >= 0.6 is 11.6 Å². The Morgan fingerprint density at radius 1 is 1.29 bits per heavy atom. The molecule has 0 amide bonds. The number of allylic oxidation sites excluding steroid dienone is 1. The molecule has 3 rings (SSSR count). The van der Waals surface area contributed by atoms with Crippen LogP contribution in [0.25, 0.3) is 0 Å². The Bertz CT molecular complexity index is 1080. The molecule has 162 valence electrons. The second-order valence-electron chi connectivity index (χ2n) is 7.88. The summed E-state index contributed by atoms with van der Waals surface area (Å²) in [5, 5.41) is 11.3. The van der Waals surface area contributed by atoms with Crippen molar-refractivity contribution >= 4 is 34.8 Å². The third kappa shape index (κ3) is 5.92. The van der Waals surface area contributed by atoms with Gasteiger partial charge in [-0.2, -0.15) is 10.1 Å². The standard InChI is InChI=1S/C23H27ClN6O/c1-5-19(31)11-16-8-7-9-17(10-16)12-25-21-20(24)14-26-22(29-21)28-18-13-27-30(15-18)23(3,4)6-2/h5,7-10,13-15H,1,6,11-12H2,2-4H3,(H2,25,26,28,29). The zero-order valence-corrected chi connectivity index (χ0v) is 18.8. The largest absolute Gasteiger partial charge is 0.365 e. The summed E-state index contributed by atoms with van der Waals surface area (Å²) in [4.78, 5) is 20.3. The van der Waals surface area contributed by atoms with Gasteiger partial charge in [-0.15, -0.1) is 0 Å². The number of carbonyl (C=O) groups is 1. The van der Waals surface area contributed by atoms with Gasteiger partial charge in [-0.25, -0.2) is 4.98 Å². The fourth-order valence-electron chi connectivity index (χ4n) is 2.87. The molecule has 0 fully saturated rings. The van der Waals surface area contributed by atoms with E-state index >= 15 is 0 Å². The third-order valence-electron chi connectivity index (χ3n) is 5.13. The molecule has 0 aliphatic carbocycles. The topological polar surface area (TPSA) is 84.7 Å². The van der Waals surface area contributed by atoms with Crippen molar-refractivity contribution in [3.05, 3.63) is 71.7 Å². The van der Waals surface area contributed by atoms with E-state index in [1.807, 2.05) is 35.1 Å². The first kappa shape index (κ1) is 22.5. The lowest BCUT2D eigenvalue weighted by Crippen LogP contribution is -2.25. The predicted molar refractivity (Wildman–Crippen MR) is 125 cm³/mol. The molecule has 0 saturated heterocycles. The number of anilines is 3. The first-order valence-electron chi connectivity index (χ1n) is 10.1. The Morgan fingerprint density at radius 3 is 2.81 bits per heavy atom. The molecule has 0 aliphatic rings. The summed E-state index contributed by atoms with van der Waals surface area (Å²) >= 11 is 6.28. The average molecular weight is 439 g/mol. The minimum atomic E-state index is -0.0711. The van der Waals surface area contributed by atoms with Crippen LogP contribution in [-0.4, -0.2) is 25.5 Å². The van der Waals surface area contributed by atoms with E-state index < -0.39 is 0 Å². The van der Waals surface area contributed by atoms with Gasteiger partial charge in [0.25, 0.3) is 0 Å². The van der Waals surface area contributed by atoms with Crippen molar-refractivity contribution in [1.82, 2.24) is 19.7 Å². The second-order valence-corrected chi connectivity index (χ2v) is 8.28. The highest BCUT2D eigenvalue weighted by atomic mass is 35.5. The summed E-state index contributed by atoms with van der Waals surface area (Å²) in [6.07, 6.45) is 7.87. The molecule has 0 aliphatic heterocycles. The van der Waals surface area contributed by atoms with E-state index in [4.69, 9.17) is 11.6 Å². The van der Waals surface area contributed by atoms with Gasteiger partial charge in [0.05, 0.1) is 23.6 Å². The summed E-state index contributed by atoms with van der Waals surface area (Å²) < 4.78 is 1.93. The summed E-state index contributed by atoms with van der Waals surface area (Å²) in [6.45, 7) is 10.4. The highest BCUT2D eigenvalue weighted by Crippen LogP contribution is 2.24. The number of nitrogens with one attached hydrogen (secondary N) is 2. The van der Waals surface area contributed by atoms with Gasteiger partial charge in [0.1, 0.15) is 5.02 Å². The molecule has 1 aromatic carbocycles. The lowest BCUT2D eigenvalue weighted by atomic mass is 10.0. The van der Waals surface area contributed by atoms with Crippen LogP contribution in [-0.2, 0) is 23.3 Å². The average Bonchev–Trinajstić information content (AvgIpc) is 3.23. The lowest BCUT2D eigenvalue weighted by Gasteiger charge is -2.23. The zero-order chi connectivity index (χ0) is 22.4. The van der Waals surface area contributed by atoms with E-state index in [1.54, 1.807) is 12.4 Å². The number of halogens is 1. The first-order valence-corrected chi connectivity index (χ1v) is 10.5. The maximum Gasteiger partial charge on any atom is 0.229 e. The molecule has 0 radical (unpaired) electrons. The second kappa shape index (κ2) is 9.75. The van der Waals surface area contributed by atoms with Crippen molar-refractivity contribution in [1.29, 1.82) is 0 Å². The molecule has 0 spiro atoms. The molecule has 0 saturated carbocycles. The smallest absolute Gasteiger partial charge is 0.229 e. The highest BCUT2D eigenvalue weighted by Gasteiger charge is 2.18. The number of hydrogen-bond acceptors (Lipinski definition) is 6. The molecule has 0 atom stereocenters. The molecule has 3 aromatic rings. The monoisotopic (exact) mass is 438 g/mol. The Morgan fingerprint density at radius 2 is 2.06 bits per heavy atom. The normalized spacial score (nSPS) is 11.2. The van der Waals surface area contributed by atoms with E-state index in [-0.39, 0.29) is 11.3 Å². The van der Waals surface area contributed by atoms with E-state index in [0.717, 1.165) is 23.2 Å².